The van der Waals surface area contributed by atoms with E-state index in [-0.39, 0.29) is 30.5 Å². The minimum absolute atomic E-state index is 0.102. The summed E-state index contributed by atoms with van der Waals surface area (Å²) in [6.45, 7) is 5.40. The minimum atomic E-state index is -1.65. The molecule has 25 heavy (non-hydrogen) atoms. The van der Waals surface area contributed by atoms with Crippen molar-refractivity contribution in [3.8, 4) is 0 Å². The van der Waals surface area contributed by atoms with Gasteiger partial charge in [0.15, 0.2) is 5.78 Å². The number of nitrogens with zero attached hydrogens (tertiary/aromatic N) is 1. The maximum absolute atomic E-state index is 13.9. The zero-order chi connectivity index (χ0) is 18.4. The molecule has 2 atom stereocenters. The number of Topliss-reactive ketones (excluding diaryl/α,β-unsaturated/α-hetero) is 1. The molecule has 6 heteroatoms. The fourth-order valence-corrected chi connectivity index (χ4v) is 3.92. The summed E-state index contributed by atoms with van der Waals surface area (Å²) in [5, 5.41) is 10.9. The molecule has 0 aliphatic carbocycles. The number of hydrogen-bond acceptors (Lipinski definition) is 4. The summed E-state index contributed by atoms with van der Waals surface area (Å²) >= 11 is 0. The Hall–Kier alpha value is -1.95. The van der Waals surface area contributed by atoms with Gasteiger partial charge in [-0.1, -0.05) is 12.1 Å². The van der Waals surface area contributed by atoms with Gasteiger partial charge in [0.2, 0.25) is 0 Å². The highest BCUT2D eigenvalue weighted by Crippen LogP contribution is 2.43. The Morgan fingerprint density at radius 1 is 1.20 bits per heavy atom. The molecule has 0 saturated carbocycles. The molecule has 2 aliphatic rings. The van der Waals surface area contributed by atoms with Crippen LogP contribution < -0.4 is 0 Å². The lowest BCUT2D eigenvalue weighted by atomic mass is 9.80. The summed E-state index contributed by atoms with van der Waals surface area (Å²) in [7, 11) is 0. The van der Waals surface area contributed by atoms with E-state index in [2.05, 4.69) is 0 Å². The Labute approximate surface area is 146 Å². The maximum atomic E-state index is 13.9. The predicted molar refractivity (Wildman–Crippen MR) is 89.8 cm³/mol. The van der Waals surface area contributed by atoms with Crippen LogP contribution in [0.1, 0.15) is 56.8 Å². The van der Waals surface area contributed by atoms with Gasteiger partial charge < -0.3 is 14.7 Å². The molecule has 1 aromatic rings. The SMILES string of the molecule is CC(C)(C)OC(=O)N1C2CCC1CC(O)(C(=O)c1ccccc1F)C2. The molecule has 1 aromatic carbocycles. The van der Waals surface area contributed by atoms with Crippen LogP contribution in [-0.4, -0.2) is 45.2 Å². The lowest BCUT2D eigenvalue weighted by Gasteiger charge is -2.43. The van der Waals surface area contributed by atoms with Crippen molar-refractivity contribution < 1.29 is 23.8 Å². The fraction of sp³-hybridized carbons (Fsp3) is 0.579. The normalized spacial score (nSPS) is 28.8. The van der Waals surface area contributed by atoms with Crippen molar-refractivity contribution in [1.29, 1.82) is 0 Å². The van der Waals surface area contributed by atoms with Crippen LogP contribution in [0.2, 0.25) is 0 Å². The van der Waals surface area contributed by atoms with Crippen molar-refractivity contribution in [2.75, 3.05) is 0 Å². The Morgan fingerprint density at radius 2 is 1.76 bits per heavy atom. The molecule has 136 valence electrons. The van der Waals surface area contributed by atoms with E-state index in [0.717, 1.165) is 0 Å². The first-order valence-corrected chi connectivity index (χ1v) is 8.64. The van der Waals surface area contributed by atoms with E-state index >= 15 is 0 Å². The minimum Gasteiger partial charge on any atom is -0.444 e. The molecule has 0 aromatic heterocycles. The predicted octanol–water partition coefficient (Wildman–Crippen LogP) is 3.30. The third kappa shape index (κ3) is 3.40. The van der Waals surface area contributed by atoms with Gasteiger partial charge in [0.25, 0.3) is 0 Å². The van der Waals surface area contributed by atoms with E-state index in [1.807, 2.05) is 0 Å². The van der Waals surface area contributed by atoms with Crippen LogP contribution in [0, 0.1) is 5.82 Å². The van der Waals surface area contributed by atoms with E-state index in [9.17, 15) is 19.1 Å². The molecule has 0 radical (unpaired) electrons. The largest absolute Gasteiger partial charge is 0.444 e. The van der Waals surface area contributed by atoms with Crippen molar-refractivity contribution in [1.82, 2.24) is 4.90 Å². The summed E-state index contributed by atoms with van der Waals surface area (Å²) in [6.07, 6.45) is 1.21. The van der Waals surface area contributed by atoms with Crippen LogP contribution in [0.25, 0.3) is 0 Å². The number of fused-ring (bicyclic) bond motifs is 2. The molecule has 5 nitrogen and oxygen atoms in total. The first-order chi connectivity index (χ1) is 11.6. The summed E-state index contributed by atoms with van der Waals surface area (Å²) in [5.74, 6) is -1.24. The zero-order valence-corrected chi connectivity index (χ0v) is 14.8. The first kappa shape index (κ1) is 17.9. The molecule has 2 unspecified atom stereocenters. The standard InChI is InChI=1S/C19H24FNO4/c1-18(2,3)25-17(23)21-12-8-9-13(21)11-19(24,10-12)16(22)14-6-4-5-7-15(14)20/h4-7,12-13,24H,8-11H2,1-3H3. The number of ether oxygens (including phenoxy) is 1. The lowest BCUT2D eigenvalue weighted by molar-refractivity contribution is -0.0432. The van der Waals surface area contributed by atoms with Crippen molar-refractivity contribution in [3.63, 3.8) is 0 Å². The second-order valence-corrected chi connectivity index (χ2v) is 8.02. The van der Waals surface area contributed by atoms with Crippen molar-refractivity contribution in [2.24, 2.45) is 0 Å². The number of carbonyl (C=O) groups is 2. The summed E-state index contributed by atoms with van der Waals surface area (Å²) in [5.41, 5.74) is -2.35. The lowest BCUT2D eigenvalue weighted by Crippen LogP contribution is -2.57. The number of aliphatic hydroxyl groups is 1. The molecular weight excluding hydrogens is 325 g/mol. The van der Waals surface area contributed by atoms with Crippen molar-refractivity contribution >= 4 is 11.9 Å². The van der Waals surface area contributed by atoms with Crippen LogP contribution in [0.3, 0.4) is 0 Å². The molecule has 1 N–H and O–H groups in total. The van der Waals surface area contributed by atoms with Gasteiger partial charge in [-0.3, -0.25) is 4.79 Å². The molecule has 2 saturated heterocycles. The van der Waals surface area contributed by atoms with Crippen LogP contribution in [0.5, 0.6) is 0 Å². The Balaban J connectivity index is 1.80. The third-order valence-corrected chi connectivity index (χ3v) is 4.91. The van der Waals surface area contributed by atoms with Crippen LogP contribution in [0.15, 0.2) is 24.3 Å². The van der Waals surface area contributed by atoms with Crippen LogP contribution in [-0.2, 0) is 4.74 Å². The monoisotopic (exact) mass is 349 g/mol. The summed E-state index contributed by atoms with van der Waals surface area (Å²) < 4.78 is 19.4. The molecule has 2 bridgehead atoms. The number of piperidine rings is 1. The highest BCUT2D eigenvalue weighted by molar-refractivity contribution is 6.02. The first-order valence-electron chi connectivity index (χ1n) is 8.64. The number of amides is 1. The van der Waals surface area contributed by atoms with E-state index in [1.165, 1.54) is 18.2 Å². The van der Waals surface area contributed by atoms with Crippen LogP contribution in [0.4, 0.5) is 9.18 Å². The van der Waals surface area contributed by atoms with E-state index in [0.29, 0.717) is 12.8 Å². The topological polar surface area (TPSA) is 66.8 Å². The summed E-state index contributed by atoms with van der Waals surface area (Å²) in [4.78, 5) is 26.8. The molecule has 2 fully saturated rings. The quantitative estimate of drug-likeness (QED) is 0.832. The summed E-state index contributed by atoms with van der Waals surface area (Å²) in [6, 6.07) is 5.14. The number of carbonyl (C=O) groups excluding carboxylic acids is 2. The van der Waals surface area contributed by atoms with E-state index < -0.39 is 28.9 Å². The average molecular weight is 349 g/mol. The molecule has 2 heterocycles. The van der Waals surface area contributed by atoms with Gasteiger partial charge in [0, 0.05) is 24.9 Å². The Bertz CT molecular complexity index is 683. The average Bonchev–Trinajstić information content (AvgIpc) is 2.78. The van der Waals surface area contributed by atoms with Gasteiger partial charge in [0.1, 0.15) is 17.0 Å². The molecule has 3 rings (SSSR count). The molecule has 1 amide bonds. The molecule has 2 aliphatic heterocycles. The number of hydrogen-bond donors (Lipinski definition) is 1. The van der Waals surface area contributed by atoms with Gasteiger partial charge in [-0.2, -0.15) is 0 Å². The molecule has 0 spiro atoms. The zero-order valence-electron chi connectivity index (χ0n) is 14.8. The second-order valence-electron chi connectivity index (χ2n) is 8.02. The van der Waals surface area contributed by atoms with Crippen molar-refractivity contribution in [3.05, 3.63) is 35.6 Å². The van der Waals surface area contributed by atoms with Crippen LogP contribution >= 0.6 is 0 Å². The number of rotatable bonds is 2. The maximum Gasteiger partial charge on any atom is 0.410 e. The number of ketones is 1. The van der Waals surface area contributed by atoms with E-state index in [1.54, 1.807) is 31.7 Å². The number of halogens is 1. The van der Waals surface area contributed by atoms with Gasteiger partial charge in [-0.15, -0.1) is 0 Å². The smallest absolute Gasteiger partial charge is 0.410 e. The van der Waals surface area contributed by atoms with Gasteiger partial charge in [-0.25, -0.2) is 9.18 Å². The number of benzene rings is 1. The third-order valence-electron chi connectivity index (χ3n) is 4.91. The van der Waals surface area contributed by atoms with Gasteiger partial charge in [0.05, 0.1) is 5.56 Å². The highest BCUT2D eigenvalue weighted by Gasteiger charge is 2.53. The van der Waals surface area contributed by atoms with Gasteiger partial charge in [-0.05, 0) is 45.7 Å². The Morgan fingerprint density at radius 3 is 2.28 bits per heavy atom. The second kappa shape index (κ2) is 6.09. The van der Waals surface area contributed by atoms with Gasteiger partial charge >= 0.3 is 6.09 Å². The molecular formula is C19H24FNO4. The fourth-order valence-electron chi connectivity index (χ4n) is 3.92. The van der Waals surface area contributed by atoms with Crippen molar-refractivity contribution in [2.45, 2.75) is 69.7 Å². The van der Waals surface area contributed by atoms with E-state index in [4.69, 9.17) is 4.74 Å². The Kier molecular flexibility index (Phi) is 4.35. The highest BCUT2D eigenvalue weighted by atomic mass is 19.1.